The molecule has 9 heteroatoms. The van der Waals surface area contributed by atoms with Gasteiger partial charge in [-0.3, -0.25) is 10.2 Å². The summed E-state index contributed by atoms with van der Waals surface area (Å²) in [7, 11) is 1.62. The molecule has 0 fully saturated rings. The summed E-state index contributed by atoms with van der Waals surface area (Å²) >= 11 is 7.61. The molecule has 2 aliphatic heterocycles. The molecule has 166 valence electrons. The van der Waals surface area contributed by atoms with Crippen LogP contribution in [0.25, 0.3) is 11.8 Å². The lowest BCUT2D eigenvalue weighted by atomic mass is 10.1. The lowest BCUT2D eigenvalue weighted by molar-refractivity contribution is -0.114. The zero-order chi connectivity index (χ0) is 23.0. The lowest BCUT2D eigenvalue weighted by Gasteiger charge is -2.20. The van der Waals surface area contributed by atoms with Gasteiger partial charge >= 0.3 is 0 Å². The molecule has 32 heavy (non-hydrogen) atoms. The Labute approximate surface area is 196 Å². The maximum Gasteiger partial charge on any atom is 0.283 e. The van der Waals surface area contributed by atoms with Gasteiger partial charge in [0.1, 0.15) is 10.8 Å². The number of benzene rings is 1. The normalized spacial score (nSPS) is 17.0. The van der Waals surface area contributed by atoms with Crippen molar-refractivity contribution in [1.82, 2.24) is 9.58 Å². The van der Waals surface area contributed by atoms with Crippen LogP contribution in [0.5, 0.6) is 5.75 Å². The number of hydrogen-bond acceptors (Lipinski definition) is 5. The fraction of sp³-hybridized carbons (Fsp3) is 0.304. The molecule has 4 rings (SSSR count). The molecule has 0 atom stereocenters. The molecule has 0 aliphatic carbocycles. The first-order valence-corrected chi connectivity index (χ1v) is 11.6. The lowest BCUT2D eigenvalue weighted by Crippen LogP contribution is -2.35. The Balaban J connectivity index is 1.72. The number of amides is 1. The number of nitrogens with zero attached hydrogens (tertiary/aromatic N) is 4. The molecule has 0 radical (unpaired) electrons. The second-order valence-electron chi connectivity index (χ2n) is 7.60. The van der Waals surface area contributed by atoms with E-state index in [2.05, 4.69) is 17.0 Å². The Morgan fingerprint density at radius 1 is 1.28 bits per heavy atom. The number of ether oxygens (including phenoxy) is 1. The van der Waals surface area contributed by atoms with Crippen molar-refractivity contribution >= 4 is 51.4 Å². The SMILES string of the molecule is CCCCC1=NN2C(=N)/C(=C\c3cc(C)n(-c4cc(Cl)ccc4OC)c3C)C(=O)N=C2S1. The number of aryl methyl sites for hydroxylation is 1. The highest BCUT2D eigenvalue weighted by atomic mass is 35.5. The number of thioether (sulfide) groups is 1. The summed E-state index contributed by atoms with van der Waals surface area (Å²) < 4.78 is 7.54. The third-order valence-corrected chi connectivity index (χ3v) is 6.60. The first-order valence-electron chi connectivity index (χ1n) is 10.4. The number of carbonyl (C=O) groups excluding carboxylic acids is 1. The number of aromatic nitrogens is 1. The van der Waals surface area contributed by atoms with Crippen molar-refractivity contribution in [3.63, 3.8) is 0 Å². The van der Waals surface area contributed by atoms with Crippen LogP contribution in [0.4, 0.5) is 0 Å². The van der Waals surface area contributed by atoms with Crippen molar-refractivity contribution in [3.8, 4) is 11.4 Å². The van der Waals surface area contributed by atoms with Crippen LogP contribution in [0, 0.1) is 19.3 Å². The van der Waals surface area contributed by atoms with E-state index in [1.165, 1.54) is 16.8 Å². The molecule has 1 aromatic carbocycles. The Bertz CT molecular complexity index is 1210. The highest BCUT2D eigenvalue weighted by Gasteiger charge is 2.35. The summed E-state index contributed by atoms with van der Waals surface area (Å²) in [5.74, 6) is 0.309. The smallest absolute Gasteiger partial charge is 0.283 e. The molecule has 1 amide bonds. The average molecular weight is 470 g/mol. The van der Waals surface area contributed by atoms with Crippen LogP contribution in [0.15, 0.2) is 39.9 Å². The summed E-state index contributed by atoms with van der Waals surface area (Å²) in [5, 5.41) is 16.5. The van der Waals surface area contributed by atoms with Gasteiger partial charge in [-0.1, -0.05) is 24.9 Å². The van der Waals surface area contributed by atoms with Gasteiger partial charge in [0.2, 0.25) is 5.17 Å². The molecule has 7 nitrogen and oxygen atoms in total. The van der Waals surface area contributed by atoms with E-state index in [9.17, 15) is 4.79 Å². The quantitative estimate of drug-likeness (QED) is 0.561. The van der Waals surface area contributed by atoms with E-state index in [-0.39, 0.29) is 11.4 Å². The maximum atomic E-state index is 12.8. The summed E-state index contributed by atoms with van der Waals surface area (Å²) in [4.78, 5) is 16.9. The largest absolute Gasteiger partial charge is 0.495 e. The molecular weight excluding hydrogens is 446 g/mol. The molecular formula is C23H24ClN5O2S. The molecule has 1 N–H and O–H groups in total. The molecule has 3 heterocycles. The maximum absolute atomic E-state index is 12.8. The number of hydrazone groups is 1. The number of nitrogens with one attached hydrogen (secondary N) is 1. The van der Waals surface area contributed by atoms with Crippen molar-refractivity contribution in [2.75, 3.05) is 7.11 Å². The minimum atomic E-state index is -0.425. The summed E-state index contributed by atoms with van der Waals surface area (Å²) in [6.07, 6.45) is 4.60. The van der Waals surface area contributed by atoms with Crippen LogP contribution in [-0.4, -0.2) is 38.6 Å². The van der Waals surface area contributed by atoms with Gasteiger partial charge in [-0.15, -0.1) is 0 Å². The van der Waals surface area contributed by atoms with E-state index in [4.69, 9.17) is 21.7 Å². The third-order valence-electron chi connectivity index (χ3n) is 5.39. The fourth-order valence-corrected chi connectivity index (χ4v) is 4.85. The topological polar surface area (TPSA) is 83.0 Å². The monoisotopic (exact) mass is 469 g/mol. The number of aliphatic imine (C=N–C) groups is 1. The average Bonchev–Trinajstić information content (AvgIpc) is 3.29. The zero-order valence-electron chi connectivity index (χ0n) is 18.4. The second kappa shape index (κ2) is 8.96. The second-order valence-corrected chi connectivity index (χ2v) is 9.07. The van der Waals surface area contributed by atoms with Crippen molar-refractivity contribution in [3.05, 3.63) is 51.8 Å². The fourth-order valence-electron chi connectivity index (χ4n) is 3.76. The van der Waals surface area contributed by atoms with Crippen LogP contribution in [0.2, 0.25) is 5.02 Å². The number of halogens is 1. The minimum Gasteiger partial charge on any atom is -0.495 e. The van der Waals surface area contributed by atoms with Gasteiger partial charge in [0, 0.05) is 16.4 Å². The minimum absolute atomic E-state index is 0.0455. The van der Waals surface area contributed by atoms with Gasteiger partial charge in [0.15, 0.2) is 5.84 Å². The molecule has 0 unspecified atom stereocenters. The van der Waals surface area contributed by atoms with Crippen LogP contribution < -0.4 is 4.74 Å². The number of hydrogen-bond donors (Lipinski definition) is 1. The van der Waals surface area contributed by atoms with Gasteiger partial charge in [-0.05, 0) is 74.4 Å². The van der Waals surface area contributed by atoms with E-state index < -0.39 is 5.91 Å². The van der Waals surface area contributed by atoms with Gasteiger partial charge < -0.3 is 9.30 Å². The van der Waals surface area contributed by atoms with Crippen molar-refractivity contribution in [2.24, 2.45) is 10.1 Å². The molecule has 1 aromatic heterocycles. The van der Waals surface area contributed by atoms with E-state index in [1.807, 2.05) is 36.6 Å². The molecule has 0 saturated carbocycles. The first kappa shape index (κ1) is 22.4. The zero-order valence-corrected chi connectivity index (χ0v) is 20.0. The number of fused-ring (bicyclic) bond motifs is 1. The van der Waals surface area contributed by atoms with Crippen LogP contribution in [0.1, 0.15) is 43.1 Å². The Hall–Kier alpha value is -2.84. The van der Waals surface area contributed by atoms with Gasteiger partial charge in [-0.2, -0.15) is 15.1 Å². The number of rotatable bonds is 6. The highest BCUT2D eigenvalue weighted by molar-refractivity contribution is 8.26. The molecule has 2 aliphatic rings. The summed E-state index contributed by atoms with van der Waals surface area (Å²) in [6.45, 7) is 6.05. The highest BCUT2D eigenvalue weighted by Crippen LogP contribution is 2.33. The van der Waals surface area contributed by atoms with E-state index >= 15 is 0 Å². The first-order chi connectivity index (χ1) is 15.3. The Morgan fingerprint density at radius 2 is 2.06 bits per heavy atom. The molecule has 0 saturated heterocycles. The Kier molecular flexibility index (Phi) is 6.26. The van der Waals surface area contributed by atoms with Crippen LogP contribution >= 0.6 is 23.4 Å². The van der Waals surface area contributed by atoms with Gasteiger partial charge in [0.05, 0.1) is 18.4 Å². The molecule has 0 spiro atoms. The van der Waals surface area contributed by atoms with Crippen LogP contribution in [-0.2, 0) is 4.79 Å². The number of unbranched alkanes of at least 4 members (excludes halogenated alkanes) is 1. The predicted octanol–water partition coefficient (Wildman–Crippen LogP) is 5.57. The third kappa shape index (κ3) is 4.00. The van der Waals surface area contributed by atoms with Gasteiger partial charge in [0.25, 0.3) is 5.91 Å². The van der Waals surface area contributed by atoms with E-state index in [1.54, 1.807) is 19.3 Å². The van der Waals surface area contributed by atoms with Crippen LogP contribution in [0.3, 0.4) is 0 Å². The predicted molar refractivity (Wildman–Crippen MR) is 131 cm³/mol. The molecule has 2 aromatic rings. The van der Waals surface area contributed by atoms with Crippen molar-refractivity contribution in [2.45, 2.75) is 40.0 Å². The van der Waals surface area contributed by atoms with E-state index in [0.29, 0.717) is 15.9 Å². The molecule has 0 bridgehead atoms. The van der Waals surface area contributed by atoms with E-state index in [0.717, 1.165) is 46.9 Å². The Morgan fingerprint density at radius 3 is 2.78 bits per heavy atom. The number of methoxy groups -OCH3 is 1. The summed E-state index contributed by atoms with van der Waals surface area (Å²) in [5.41, 5.74) is 3.69. The van der Waals surface area contributed by atoms with Crippen molar-refractivity contribution in [1.29, 1.82) is 5.41 Å². The standard InChI is InChI=1S/C23H24ClN5O2S/c1-5-6-7-20-27-29-21(25)17(22(30)26-23(29)32-20)11-15-10-13(2)28(14(15)3)18-12-16(24)8-9-19(18)31-4/h8-12,25H,5-7H2,1-4H3/b17-11+,25-21?. The van der Waals surface area contributed by atoms with Crippen molar-refractivity contribution < 1.29 is 9.53 Å². The number of amidine groups is 2. The number of carbonyl (C=O) groups is 1. The summed E-state index contributed by atoms with van der Waals surface area (Å²) in [6, 6.07) is 7.42. The van der Waals surface area contributed by atoms with Gasteiger partial charge in [-0.25, -0.2) is 0 Å².